The van der Waals surface area contributed by atoms with Crippen LogP contribution in [-0.2, 0) is 11.3 Å². The number of benzene rings is 1. The molecular weight excluding hydrogens is 276 g/mol. The van der Waals surface area contributed by atoms with E-state index in [1.807, 2.05) is 31.2 Å². The molecule has 2 heterocycles. The molecule has 0 spiro atoms. The number of rotatable bonds is 6. The molecule has 2 fully saturated rings. The van der Waals surface area contributed by atoms with Crippen molar-refractivity contribution < 1.29 is 9.53 Å². The third kappa shape index (κ3) is 3.80. The topological polar surface area (TPSA) is 50.4 Å². The van der Waals surface area contributed by atoms with Gasteiger partial charge in [0, 0.05) is 30.6 Å². The van der Waals surface area contributed by atoms with Crippen molar-refractivity contribution in [2.75, 3.05) is 6.61 Å². The largest absolute Gasteiger partial charge is 0.494 e. The van der Waals surface area contributed by atoms with Crippen molar-refractivity contribution in [3.8, 4) is 5.75 Å². The molecule has 2 saturated heterocycles. The fourth-order valence-electron chi connectivity index (χ4n) is 3.82. The van der Waals surface area contributed by atoms with Crippen LogP contribution in [0.4, 0.5) is 0 Å². The van der Waals surface area contributed by atoms with E-state index in [9.17, 15) is 4.79 Å². The highest BCUT2D eigenvalue weighted by molar-refractivity contribution is 5.76. The van der Waals surface area contributed by atoms with Crippen LogP contribution in [0.3, 0.4) is 0 Å². The van der Waals surface area contributed by atoms with Gasteiger partial charge in [-0.25, -0.2) is 0 Å². The van der Waals surface area contributed by atoms with Crippen molar-refractivity contribution in [3.63, 3.8) is 0 Å². The quantitative estimate of drug-likeness (QED) is 0.849. The molecule has 0 aromatic heterocycles. The minimum atomic E-state index is 0.164. The second-order valence-corrected chi connectivity index (χ2v) is 6.50. The van der Waals surface area contributed by atoms with Gasteiger partial charge in [0.15, 0.2) is 0 Å². The lowest BCUT2D eigenvalue weighted by Gasteiger charge is -2.28. The Labute approximate surface area is 132 Å². The molecule has 2 N–H and O–H groups in total. The molecule has 0 aliphatic carbocycles. The van der Waals surface area contributed by atoms with Crippen LogP contribution in [-0.4, -0.2) is 24.6 Å². The maximum Gasteiger partial charge on any atom is 0.220 e. The number of piperidine rings is 1. The van der Waals surface area contributed by atoms with E-state index in [1.54, 1.807) is 0 Å². The van der Waals surface area contributed by atoms with E-state index in [-0.39, 0.29) is 5.91 Å². The average molecular weight is 302 g/mol. The SMILES string of the molecule is CCOc1ccccc1CNC(=O)CC1CC2CCC(C1)N2. The summed E-state index contributed by atoms with van der Waals surface area (Å²) in [7, 11) is 0. The van der Waals surface area contributed by atoms with Crippen LogP contribution in [0.15, 0.2) is 24.3 Å². The second kappa shape index (κ2) is 7.14. The Hall–Kier alpha value is -1.55. The molecule has 0 radical (unpaired) electrons. The molecule has 0 saturated carbocycles. The van der Waals surface area contributed by atoms with E-state index in [0.717, 1.165) is 24.2 Å². The highest BCUT2D eigenvalue weighted by Crippen LogP contribution is 2.32. The molecule has 4 nitrogen and oxygen atoms in total. The van der Waals surface area contributed by atoms with Crippen molar-refractivity contribution in [1.29, 1.82) is 0 Å². The smallest absolute Gasteiger partial charge is 0.220 e. The summed E-state index contributed by atoms with van der Waals surface area (Å²) in [5.74, 6) is 1.57. The number of fused-ring (bicyclic) bond motifs is 2. The van der Waals surface area contributed by atoms with Gasteiger partial charge in [-0.2, -0.15) is 0 Å². The molecule has 2 aliphatic heterocycles. The Kier molecular flexibility index (Phi) is 4.98. The molecule has 2 atom stereocenters. The number of para-hydroxylation sites is 1. The Balaban J connectivity index is 1.48. The van der Waals surface area contributed by atoms with Gasteiger partial charge in [-0.1, -0.05) is 18.2 Å². The molecule has 4 heteroatoms. The molecule has 2 unspecified atom stereocenters. The van der Waals surface area contributed by atoms with Crippen LogP contribution in [0.1, 0.15) is 44.6 Å². The highest BCUT2D eigenvalue weighted by atomic mass is 16.5. The summed E-state index contributed by atoms with van der Waals surface area (Å²) in [6, 6.07) is 9.20. The van der Waals surface area contributed by atoms with Crippen LogP contribution < -0.4 is 15.4 Å². The van der Waals surface area contributed by atoms with Gasteiger partial charge in [-0.05, 0) is 44.6 Å². The molecule has 1 amide bonds. The maximum absolute atomic E-state index is 12.2. The number of hydrogen-bond acceptors (Lipinski definition) is 3. The Bertz CT molecular complexity index is 506. The molecule has 22 heavy (non-hydrogen) atoms. The lowest BCUT2D eigenvalue weighted by molar-refractivity contribution is -0.122. The first-order valence-corrected chi connectivity index (χ1v) is 8.48. The zero-order valence-corrected chi connectivity index (χ0v) is 13.3. The Morgan fingerprint density at radius 1 is 1.27 bits per heavy atom. The van der Waals surface area contributed by atoms with Gasteiger partial charge in [0.25, 0.3) is 0 Å². The van der Waals surface area contributed by atoms with Crippen LogP contribution in [0.5, 0.6) is 5.75 Å². The van der Waals surface area contributed by atoms with Crippen molar-refractivity contribution >= 4 is 5.91 Å². The average Bonchev–Trinajstić information content (AvgIpc) is 2.85. The predicted molar refractivity (Wildman–Crippen MR) is 86.7 cm³/mol. The standard InChI is InChI=1S/C18H26N2O2/c1-2-22-17-6-4-3-5-14(17)12-19-18(21)11-13-9-15-7-8-16(10-13)20-15/h3-6,13,15-16,20H,2,7-12H2,1H3,(H,19,21). The fourth-order valence-corrected chi connectivity index (χ4v) is 3.82. The maximum atomic E-state index is 12.2. The summed E-state index contributed by atoms with van der Waals surface area (Å²) >= 11 is 0. The summed E-state index contributed by atoms with van der Waals surface area (Å²) in [5, 5.41) is 6.68. The Morgan fingerprint density at radius 3 is 2.73 bits per heavy atom. The molecular formula is C18H26N2O2. The lowest BCUT2D eigenvalue weighted by atomic mass is 9.89. The van der Waals surface area contributed by atoms with Gasteiger partial charge in [0.05, 0.1) is 6.61 Å². The van der Waals surface area contributed by atoms with Crippen molar-refractivity contribution in [3.05, 3.63) is 29.8 Å². The number of carbonyl (C=O) groups excluding carboxylic acids is 1. The summed E-state index contributed by atoms with van der Waals surface area (Å²) < 4.78 is 5.60. The minimum Gasteiger partial charge on any atom is -0.494 e. The van der Waals surface area contributed by atoms with Crippen molar-refractivity contribution in [1.82, 2.24) is 10.6 Å². The van der Waals surface area contributed by atoms with E-state index in [2.05, 4.69) is 10.6 Å². The third-order valence-electron chi connectivity index (χ3n) is 4.79. The number of nitrogens with one attached hydrogen (secondary N) is 2. The first-order chi connectivity index (χ1) is 10.7. The van der Waals surface area contributed by atoms with E-state index in [1.165, 1.54) is 12.8 Å². The summed E-state index contributed by atoms with van der Waals surface area (Å²) in [6.45, 7) is 3.16. The predicted octanol–water partition coefficient (Wildman–Crippen LogP) is 2.62. The van der Waals surface area contributed by atoms with E-state index in [4.69, 9.17) is 4.74 Å². The number of ether oxygens (including phenoxy) is 1. The number of amides is 1. The first kappa shape index (κ1) is 15.3. The van der Waals surface area contributed by atoms with Crippen molar-refractivity contribution in [2.24, 2.45) is 5.92 Å². The summed E-state index contributed by atoms with van der Waals surface area (Å²) in [6.07, 6.45) is 5.53. The first-order valence-electron chi connectivity index (χ1n) is 8.48. The van der Waals surface area contributed by atoms with Gasteiger partial charge in [-0.15, -0.1) is 0 Å². The number of hydrogen-bond donors (Lipinski definition) is 2. The van der Waals surface area contributed by atoms with Gasteiger partial charge in [-0.3, -0.25) is 4.79 Å². The zero-order chi connectivity index (χ0) is 15.4. The van der Waals surface area contributed by atoms with Crippen molar-refractivity contribution in [2.45, 2.75) is 57.7 Å². The molecule has 2 bridgehead atoms. The Morgan fingerprint density at radius 2 is 2.00 bits per heavy atom. The van der Waals surface area contributed by atoms with Crippen LogP contribution in [0, 0.1) is 5.92 Å². The summed E-state index contributed by atoms with van der Waals surface area (Å²) in [4.78, 5) is 12.2. The molecule has 3 rings (SSSR count). The van der Waals surface area contributed by atoms with Gasteiger partial charge < -0.3 is 15.4 Å². The van der Waals surface area contributed by atoms with Crippen LogP contribution >= 0.6 is 0 Å². The summed E-state index contributed by atoms with van der Waals surface area (Å²) in [5.41, 5.74) is 1.04. The third-order valence-corrected chi connectivity index (χ3v) is 4.79. The molecule has 2 aliphatic rings. The van der Waals surface area contributed by atoms with Gasteiger partial charge in [0.2, 0.25) is 5.91 Å². The second-order valence-electron chi connectivity index (χ2n) is 6.50. The van der Waals surface area contributed by atoms with E-state index >= 15 is 0 Å². The van der Waals surface area contributed by atoms with Gasteiger partial charge in [0.1, 0.15) is 5.75 Å². The molecule has 1 aromatic rings. The minimum absolute atomic E-state index is 0.164. The normalized spacial score (nSPS) is 26.7. The van der Waals surface area contributed by atoms with E-state index < -0.39 is 0 Å². The number of carbonyl (C=O) groups is 1. The molecule has 120 valence electrons. The lowest BCUT2D eigenvalue weighted by Crippen LogP contribution is -2.39. The molecule has 1 aromatic carbocycles. The van der Waals surface area contributed by atoms with Gasteiger partial charge >= 0.3 is 0 Å². The zero-order valence-electron chi connectivity index (χ0n) is 13.3. The monoisotopic (exact) mass is 302 g/mol. The van der Waals surface area contributed by atoms with Crippen LogP contribution in [0.25, 0.3) is 0 Å². The van der Waals surface area contributed by atoms with Crippen LogP contribution in [0.2, 0.25) is 0 Å². The van der Waals surface area contributed by atoms with E-state index in [0.29, 0.717) is 37.6 Å². The fraction of sp³-hybridized carbons (Fsp3) is 0.611. The highest BCUT2D eigenvalue weighted by Gasteiger charge is 2.34.